The molecule has 0 aliphatic carbocycles. The van der Waals surface area contributed by atoms with Crippen LogP contribution in [0.2, 0.25) is 0 Å². The van der Waals surface area contributed by atoms with Gasteiger partial charge >= 0.3 is 5.97 Å². The van der Waals surface area contributed by atoms with Crippen LogP contribution in [-0.4, -0.2) is 17.6 Å². The Kier molecular flexibility index (Phi) is 4.50. The largest absolute Gasteiger partial charge is 0.466 e. The lowest BCUT2D eigenvalue weighted by Gasteiger charge is -2.16. The van der Waals surface area contributed by atoms with Gasteiger partial charge in [0.2, 0.25) is 0 Å². The van der Waals surface area contributed by atoms with Gasteiger partial charge in [-0.15, -0.1) is 0 Å². The molecule has 0 spiro atoms. The minimum atomic E-state index is -0.219. The molecule has 0 aliphatic rings. The monoisotopic (exact) mass is 257 g/mol. The van der Waals surface area contributed by atoms with Crippen molar-refractivity contribution in [3.05, 3.63) is 42.2 Å². The molecule has 0 N–H and O–H groups in total. The van der Waals surface area contributed by atoms with E-state index in [1.165, 1.54) is 0 Å². The van der Waals surface area contributed by atoms with E-state index in [9.17, 15) is 4.79 Å². The van der Waals surface area contributed by atoms with Crippen LogP contribution in [0, 0.1) is 0 Å². The van der Waals surface area contributed by atoms with Gasteiger partial charge < -0.3 is 4.74 Å². The molecule has 2 aromatic rings. The Morgan fingerprint density at radius 2 is 2.05 bits per heavy atom. The molecular formula is C16H19NO2. The van der Waals surface area contributed by atoms with Crippen molar-refractivity contribution in [1.82, 2.24) is 4.98 Å². The van der Waals surface area contributed by atoms with Crippen molar-refractivity contribution in [3.8, 4) is 0 Å². The van der Waals surface area contributed by atoms with E-state index >= 15 is 0 Å². The van der Waals surface area contributed by atoms with E-state index in [2.05, 4.69) is 11.9 Å². The predicted octanol–water partition coefficient (Wildman–Crippen LogP) is 3.68. The van der Waals surface area contributed by atoms with Crippen LogP contribution in [0.5, 0.6) is 0 Å². The zero-order valence-corrected chi connectivity index (χ0v) is 11.4. The number of hydrogen-bond donors (Lipinski definition) is 0. The molecule has 3 nitrogen and oxygen atoms in total. The number of rotatable bonds is 5. The first-order valence-electron chi connectivity index (χ1n) is 6.77. The topological polar surface area (TPSA) is 39.2 Å². The maximum atomic E-state index is 12.1. The molecule has 0 amide bonds. The Hall–Kier alpha value is -1.90. The number of benzene rings is 1. The summed E-state index contributed by atoms with van der Waals surface area (Å²) in [6.45, 7) is 4.32. The normalized spacial score (nSPS) is 12.3. The Morgan fingerprint density at radius 3 is 2.79 bits per heavy atom. The van der Waals surface area contributed by atoms with E-state index < -0.39 is 0 Å². The molecule has 1 aromatic carbocycles. The lowest BCUT2D eigenvalue weighted by atomic mass is 9.92. The third kappa shape index (κ3) is 2.92. The number of aromatic nitrogens is 1. The van der Waals surface area contributed by atoms with Gasteiger partial charge in [0, 0.05) is 17.8 Å². The van der Waals surface area contributed by atoms with Crippen LogP contribution in [-0.2, 0) is 9.53 Å². The highest BCUT2D eigenvalue weighted by Crippen LogP contribution is 2.29. The number of nitrogens with zero attached hydrogens (tertiary/aromatic N) is 1. The average Bonchev–Trinajstić information content (AvgIpc) is 2.44. The number of esters is 1. The molecule has 0 saturated carbocycles. The summed E-state index contributed by atoms with van der Waals surface area (Å²) in [7, 11) is 0. The molecule has 0 saturated heterocycles. The van der Waals surface area contributed by atoms with Crippen molar-refractivity contribution in [2.45, 2.75) is 32.6 Å². The van der Waals surface area contributed by atoms with Crippen LogP contribution in [0.3, 0.4) is 0 Å². The van der Waals surface area contributed by atoms with Crippen molar-refractivity contribution in [2.75, 3.05) is 6.61 Å². The van der Waals surface area contributed by atoms with Crippen LogP contribution in [0.15, 0.2) is 36.7 Å². The van der Waals surface area contributed by atoms with Crippen LogP contribution in [0.25, 0.3) is 10.8 Å². The standard InChI is InChI=1S/C16H19NO2/c1-3-7-14(16(18)19-4-2)15-11-17-10-12-8-5-6-9-13(12)15/h5-6,8-11,14H,3-4,7H2,1-2H3. The van der Waals surface area contributed by atoms with Crippen molar-refractivity contribution in [2.24, 2.45) is 0 Å². The molecule has 1 heterocycles. The van der Waals surface area contributed by atoms with Gasteiger partial charge in [0.15, 0.2) is 0 Å². The number of carbonyl (C=O) groups is 1. The van der Waals surface area contributed by atoms with Gasteiger partial charge in [0.25, 0.3) is 0 Å². The van der Waals surface area contributed by atoms with Crippen LogP contribution >= 0.6 is 0 Å². The van der Waals surface area contributed by atoms with Gasteiger partial charge in [0.05, 0.1) is 12.5 Å². The molecule has 1 atom stereocenters. The Labute approximate surface area is 113 Å². The van der Waals surface area contributed by atoms with E-state index in [0.29, 0.717) is 6.61 Å². The molecule has 100 valence electrons. The summed E-state index contributed by atoms with van der Waals surface area (Å²) in [6.07, 6.45) is 5.34. The summed E-state index contributed by atoms with van der Waals surface area (Å²) in [5.41, 5.74) is 0.971. The van der Waals surface area contributed by atoms with Crippen LogP contribution < -0.4 is 0 Å². The first kappa shape index (κ1) is 13.5. The molecule has 0 radical (unpaired) electrons. The summed E-state index contributed by atoms with van der Waals surface area (Å²) >= 11 is 0. The fourth-order valence-corrected chi connectivity index (χ4v) is 2.35. The summed E-state index contributed by atoms with van der Waals surface area (Å²) in [5, 5.41) is 2.15. The predicted molar refractivity (Wildman–Crippen MR) is 76.0 cm³/mol. The highest BCUT2D eigenvalue weighted by Gasteiger charge is 2.23. The second kappa shape index (κ2) is 6.32. The van der Waals surface area contributed by atoms with E-state index in [0.717, 1.165) is 29.2 Å². The molecule has 19 heavy (non-hydrogen) atoms. The Balaban J connectivity index is 2.46. The van der Waals surface area contributed by atoms with E-state index in [-0.39, 0.29) is 11.9 Å². The van der Waals surface area contributed by atoms with E-state index in [1.807, 2.05) is 37.4 Å². The number of carbonyl (C=O) groups excluding carboxylic acids is 1. The van der Waals surface area contributed by atoms with E-state index in [1.54, 1.807) is 6.20 Å². The summed E-state index contributed by atoms with van der Waals surface area (Å²) in [4.78, 5) is 16.4. The number of fused-ring (bicyclic) bond motifs is 1. The number of ether oxygens (including phenoxy) is 1. The minimum absolute atomic E-state index is 0.150. The van der Waals surface area contributed by atoms with Crippen LogP contribution in [0.4, 0.5) is 0 Å². The zero-order chi connectivity index (χ0) is 13.7. The smallest absolute Gasteiger partial charge is 0.313 e. The second-order valence-corrected chi connectivity index (χ2v) is 4.54. The first-order valence-corrected chi connectivity index (χ1v) is 6.77. The van der Waals surface area contributed by atoms with E-state index in [4.69, 9.17) is 4.74 Å². The molecule has 1 aromatic heterocycles. The molecular weight excluding hydrogens is 238 g/mol. The minimum Gasteiger partial charge on any atom is -0.466 e. The maximum Gasteiger partial charge on any atom is 0.313 e. The molecule has 3 heteroatoms. The highest BCUT2D eigenvalue weighted by atomic mass is 16.5. The molecule has 1 unspecified atom stereocenters. The van der Waals surface area contributed by atoms with Crippen molar-refractivity contribution < 1.29 is 9.53 Å². The van der Waals surface area contributed by atoms with Gasteiger partial charge in [-0.25, -0.2) is 0 Å². The fraction of sp³-hybridized carbons (Fsp3) is 0.375. The second-order valence-electron chi connectivity index (χ2n) is 4.54. The van der Waals surface area contributed by atoms with Gasteiger partial charge in [-0.1, -0.05) is 37.6 Å². The third-order valence-corrected chi connectivity index (χ3v) is 3.22. The highest BCUT2D eigenvalue weighted by molar-refractivity contribution is 5.90. The molecule has 0 bridgehead atoms. The van der Waals surface area contributed by atoms with Gasteiger partial charge in [-0.05, 0) is 24.3 Å². The molecule has 0 fully saturated rings. The average molecular weight is 257 g/mol. The van der Waals surface area contributed by atoms with Crippen molar-refractivity contribution >= 4 is 16.7 Å². The summed E-state index contributed by atoms with van der Waals surface area (Å²) in [5.74, 6) is -0.369. The maximum absolute atomic E-state index is 12.1. The zero-order valence-electron chi connectivity index (χ0n) is 11.4. The van der Waals surface area contributed by atoms with Crippen molar-refractivity contribution in [3.63, 3.8) is 0 Å². The molecule has 0 aliphatic heterocycles. The lowest BCUT2D eigenvalue weighted by Crippen LogP contribution is -2.16. The van der Waals surface area contributed by atoms with Crippen LogP contribution in [0.1, 0.15) is 38.2 Å². The van der Waals surface area contributed by atoms with Gasteiger partial charge in [-0.3, -0.25) is 9.78 Å². The fourth-order valence-electron chi connectivity index (χ4n) is 2.35. The quantitative estimate of drug-likeness (QED) is 0.767. The van der Waals surface area contributed by atoms with Crippen molar-refractivity contribution in [1.29, 1.82) is 0 Å². The van der Waals surface area contributed by atoms with Gasteiger partial charge in [-0.2, -0.15) is 0 Å². The molecule has 2 rings (SSSR count). The number of hydrogen-bond acceptors (Lipinski definition) is 3. The number of pyridine rings is 1. The summed E-state index contributed by atoms with van der Waals surface area (Å²) in [6, 6.07) is 8.02. The lowest BCUT2D eigenvalue weighted by molar-refractivity contribution is -0.145. The summed E-state index contributed by atoms with van der Waals surface area (Å²) < 4.78 is 5.19. The SMILES string of the molecule is CCCC(C(=O)OCC)c1cncc2ccccc12. The Bertz CT molecular complexity index is 560. The third-order valence-electron chi connectivity index (χ3n) is 3.22. The first-order chi connectivity index (χ1) is 9.27. The van der Waals surface area contributed by atoms with Gasteiger partial charge in [0.1, 0.15) is 0 Å². The Morgan fingerprint density at radius 1 is 1.26 bits per heavy atom.